The Labute approximate surface area is 95.2 Å². The maximum absolute atomic E-state index is 5.96. The predicted molar refractivity (Wildman–Crippen MR) is 66.3 cm³/mol. The smallest absolute Gasteiger partial charge is 0.0459 e. The molecule has 3 nitrogen and oxygen atoms in total. The number of aryl methyl sites for hydroxylation is 1. The Morgan fingerprint density at radius 3 is 2.67 bits per heavy atom. The van der Waals surface area contributed by atoms with Gasteiger partial charge in [0.1, 0.15) is 0 Å². The molecule has 5 N–H and O–H groups in total. The van der Waals surface area contributed by atoms with E-state index in [4.69, 9.17) is 11.5 Å². The molecule has 0 unspecified atom stereocenters. The number of aromatic amines is 1. The molecule has 1 aromatic carbocycles. The molecule has 0 aliphatic carbocycles. The van der Waals surface area contributed by atoms with E-state index in [-0.39, 0.29) is 18.4 Å². The third kappa shape index (κ3) is 2.00. The summed E-state index contributed by atoms with van der Waals surface area (Å²) >= 11 is 0. The topological polar surface area (TPSA) is 67.8 Å². The van der Waals surface area contributed by atoms with Crippen LogP contribution in [0.5, 0.6) is 0 Å². The van der Waals surface area contributed by atoms with Crippen LogP contribution < -0.4 is 11.5 Å². The molecule has 0 spiro atoms. The van der Waals surface area contributed by atoms with Crippen molar-refractivity contribution in [1.29, 1.82) is 0 Å². The summed E-state index contributed by atoms with van der Waals surface area (Å²) in [5.74, 6) is 0. The molecule has 0 saturated carbocycles. The van der Waals surface area contributed by atoms with Gasteiger partial charge in [-0.25, -0.2) is 0 Å². The molecule has 1 aromatic heterocycles. The first-order chi connectivity index (χ1) is 6.74. The number of fused-ring (bicyclic) bond motifs is 1. The number of nitrogens with one attached hydrogen (secondary N) is 1. The molecule has 2 rings (SSSR count). The fourth-order valence-corrected chi connectivity index (χ4v) is 1.89. The van der Waals surface area contributed by atoms with E-state index in [9.17, 15) is 0 Å². The number of para-hydroxylation sites is 1. The van der Waals surface area contributed by atoms with Crippen LogP contribution >= 0.6 is 12.4 Å². The van der Waals surface area contributed by atoms with Crippen molar-refractivity contribution in [3.05, 3.63) is 35.5 Å². The Bertz CT molecular complexity index is 450. The normalized spacial score (nSPS) is 12.5. The Morgan fingerprint density at radius 1 is 1.33 bits per heavy atom. The molecular weight excluding hydrogens is 210 g/mol. The summed E-state index contributed by atoms with van der Waals surface area (Å²) in [6.07, 6.45) is 0. The van der Waals surface area contributed by atoms with Gasteiger partial charge in [0, 0.05) is 29.2 Å². The molecule has 1 atom stereocenters. The molecule has 0 radical (unpaired) electrons. The second-order valence-corrected chi connectivity index (χ2v) is 3.55. The lowest BCUT2D eigenvalue weighted by atomic mass is 10.0. The van der Waals surface area contributed by atoms with Crippen LogP contribution in [-0.4, -0.2) is 11.5 Å². The number of H-pyrrole nitrogens is 1. The quantitative estimate of drug-likeness (QED) is 0.730. The Kier molecular flexibility index (Phi) is 3.74. The zero-order chi connectivity index (χ0) is 10.1. The van der Waals surface area contributed by atoms with Gasteiger partial charge in [-0.05, 0) is 18.6 Å². The number of benzene rings is 1. The molecule has 2 aromatic rings. The number of rotatable bonds is 2. The van der Waals surface area contributed by atoms with Crippen molar-refractivity contribution >= 4 is 23.3 Å². The second kappa shape index (κ2) is 4.66. The van der Waals surface area contributed by atoms with Crippen LogP contribution in [0.15, 0.2) is 24.3 Å². The fourth-order valence-electron chi connectivity index (χ4n) is 1.89. The van der Waals surface area contributed by atoms with Gasteiger partial charge in [-0.1, -0.05) is 18.2 Å². The first-order valence-corrected chi connectivity index (χ1v) is 4.77. The van der Waals surface area contributed by atoms with Crippen molar-refractivity contribution in [1.82, 2.24) is 4.98 Å². The van der Waals surface area contributed by atoms with Crippen LogP contribution in [0.4, 0.5) is 0 Å². The second-order valence-electron chi connectivity index (χ2n) is 3.55. The van der Waals surface area contributed by atoms with E-state index >= 15 is 0 Å². The Balaban J connectivity index is 0.00000112. The number of hydrogen-bond donors (Lipinski definition) is 3. The van der Waals surface area contributed by atoms with Crippen molar-refractivity contribution in [3.8, 4) is 0 Å². The SMILES string of the molecule is Cc1[nH]c2ccccc2c1[C@@H](N)CN.Cl. The van der Waals surface area contributed by atoms with Crippen LogP contribution in [0.3, 0.4) is 0 Å². The molecule has 0 saturated heterocycles. The number of nitrogens with two attached hydrogens (primary N) is 2. The van der Waals surface area contributed by atoms with Crippen molar-refractivity contribution < 1.29 is 0 Å². The van der Waals surface area contributed by atoms with Gasteiger partial charge in [0.15, 0.2) is 0 Å². The average Bonchev–Trinajstić information content (AvgIpc) is 2.53. The molecule has 0 aliphatic rings. The number of hydrogen-bond acceptors (Lipinski definition) is 2. The highest BCUT2D eigenvalue weighted by atomic mass is 35.5. The standard InChI is InChI=1S/C11H15N3.ClH/c1-7-11(9(13)6-12)8-4-2-3-5-10(8)14-7;/h2-5,9,14H,6,12-13H2,1H3;1H/t9-;/m0./s1. The van der Waals surface area contributed by atoms with E-state index < -0.39 is 0 Å². The third-order valence-corrected chi connectivity index (χ3v) is 2.57. The minimum Gasteiger partial charge on any atom is -0.358 e. The molecule has 0 bridgehead atoms. The van der Waals surface area contributed by atoms with Crippen molar-refractivity contribution in [2.45, 2.75) is 13.0 Å². The van der Waals surface area contributed by atoms with Gasteiger partial charge in [-0.2, -0.15) is 0 Å². The zero-order valence-corrected chi connectivity index (χ0v) is 9.47. The lowest BCUT2D eigenvalue weighted by Gasteiger charge is -2.08. The van der Waals surface area contributed by atoms with Crippen LogP contribution in [0.1, 0.15) is 17.3 Å². The maximum Gasteiger partial charge on any atom is 0.0459 e. The summed E-state index contributed by atoms with van der Waals surface area (Å²) in [4.78, 5) is 3.31. The molecule has 15 heavy (non-hydrogen) atoms. The molecule has 4 heteroatoms. The number of aromatic nitrogens is 1. The van der Waals surface area contributed by atoms with Gasteiger partial charge in [0.2, 0.25) is 0 Å². The van der Waals surface area contributed by atoms with Gasteiger partial charge >= 0.3 is 0 Å². The van der Waals surface area contributed by atoms with Gasteiger partial charge in [-0.15, -0.1) is 12.4 Å². The van der Waals surface area contributed by atoms with E-state index in [0.29, 0.717) is 6.54 Å². The summed E-state index contributed by atoms with van der Waals surface area (Å²) in [5, 5.41) is 1.18. The van der Waals surface area contributed by atoms with Crippen LogP contribution in [0.25, 0.3) is 10.9 Å². The fraction of sp³-hybridized carbons (Fsp3) is 0.273. The first-order valence-electron chi connectivity index (χ1n) is 4.77. The van der Waals surface area contributed by atoms with Crippen molar-refractivity contribution in [2.24, 2.45) is 11.5 Å². The minimum atomic E-state index is -0.0776. The molecule has 1 heterocycles. The van der Waals surface area contributed by atoms with Crippen molar-refractivity contribution in [3.63, 3.8) is 0 Å². The lowest BCUT2D eigenvalue weighted by molar-refractivity contribution is 0.737. The van der Waals surface area contributed by atoms with Crippen LogP contribution in [-0.2, 0) is 0 Å². The summed E-state index contributed by atoms with van der Waals surface area (Å²) in [6.45, 7) is 2.51. The molecule has 0 aliphatic heterocycles. The minimum absolute atomic E-state index is 0. The van der Waals surface area contributed by atoms with E-state index in [1.54, 1.807) is 0 Å². The van der Waals surface area contributed by atoms with Crippen LogP contribution in [0, 0.1) is 6.92 Å². The van der Waals surface area contributed by atoms with Crippen molar-refractivity contribution in [2.75, 3.05) is 6.54 Å². The Hall–Kier alpha value is -1.03. The summed E-state index contributed by atoms with van der Waals surface area (Å²) in [6, 6.07) is 8.07. The predicted octanol–water partition coefficient (Wildman–Crippen LogP) is 1.86. The number of halogens is 1. The van der Waals surface area contributed by atoms with Gasteiger partial charge in [0.05, 0.1) is 0 Å². The molecule has 82 valence electrons. The van der Waals surface area contributed by atoms with E-state index in [0.717, 1.165) is 16.8 Å². The highest BCUT2D eigenvalue weighted by molar-refractivity contribution is 5.85. The van der Waals surface area contributed by atoms with E-state index in [1.165, 1.54) is 5.39 Å². The molecular formula is C11H16ClN3. The third-order valence-electron chi connectivity index (χ3n) is 2.57. The average molecular weight is 226 g/mol. The summed E-state index contributed by atoms with van der Waals surface area (Å²) in [7, 11) is 0. The monoisotopic (exact) mass is 225 g/mol. The highest BCUT2D eigenvalue weighted by Crippen LogP contribution is 2.25. The summed E-state index contributed by atoms with van der Waals surface area (Å²) < 4.78 is 0. The summed E-state index contributed by atoms with van der Waals surface area (Å²) in [5.41, 5.74) is 14.9. The van der Waals surface area contributed by atoms with Gasteiger partial charge in [-0.3, -0.25) is 0 Å². The maximum atomic E-state index is 5.96. The molecule has 0 amide bonds. The van der Waals surface area contributed by atoms with E-state index in [2.05, 4.69) is 17.1 Å². The largest absolute Gasteiger partial charge is 0.358 e. The zero-order valence-electron chi connectivity index (χ0n) is 8.66. The van der Waals surface area contributed by atoms with Gasteiger partial charge in [0.25, 0.3) is 0 Å². The highest BCUT2D eigenvalue weighted by Gasteiger charge is 2.13. The Morgan fingerprint density at radius 2 is 2.00 bits per heavy atom. The first kappa shape index (κ1) is 12.0. The van der Waals surface area contributed by atoms with Gasteiger partial charge < -0.3 is 16.5 Å². The van der Waals surface area contributed by atoms with Crippen LogP contribution in [0.2, 0.25) is 0 Å². The lowest BCUT2D eigenvalue weighted by Crippen LogP contribution is -2.21. The molecule has 0 fully saturated rings. The van der Waals surface area contributed by atoms with E-state index in [1.807, 2.05) is 19.1 Å².